The van der Waals surface area contributed by atoms with Crippen LogP contribution in [-0.2, 0) is 4.74 Å². The molecule has 0 saturated carbocycles. The predicted molar refractivity (Wildman–Crippen MR) is 107 cm³/mol. The van der Waals surface area contributed by atoms with Gasteiger partial charge >= 0.3 is 6.03 Å². The Morgan fingerprint density at radius 1 is 1.00 bits per heavy atom. The molecular weight excluding hydrogens is 338 g/mol. The minimum atomic E-state index is 0.138. The molecule has 5 nitrogen and oxygen atoms in total. The maximum atomic E-state index is 12.7. The number of nitrogens with zero attached hydrogens (tertiary/aromatic N) is 2. The van der Waals surface area contributed by atoms with Gasteiger partial charge in [0.1, 0.15) is 0 Å². The summed E-state index contributed by atoms with van der Waals surface area (Å²) in [7, 11) is 0. The Morgan fingerprint density at radius 3 is 2.41 bits per heavy atom. The lowest BCUT2D eigenvalue weighted by Crippen LogP contribution is -2.51. The topological polar surface area (TPSA) is 44.8 Å². The van der Waals surface area contributed by atoms with Crippen LogP contribution in [-0.4, -0.2) is 67.3 Å². The van der Waals surface area contributed by atoms with Gasteiger partial charge in [0, 0.05) is 45.4 Å². The van der Waals surface area contributed by atoms with Crippen LogP contribution in [0.15, 0.2) is 30.3 Å². The van der Waals surface area contributed by atoms with E-state index in [2.05, 4.69) is 40.5 Å². The van der Waals surface area contributed by atoms with Gasteiger partial charge in [-0.2, -0.15) is 0 Å². The first-order chi connectivity index (χ1) is 13.3. The van der Waals surface area contributed by atoms with Gasteiger partial charge in [-0.25, -0.2) is 4.79 Å². The number of likely N-dealkylation sites (tertiary alicyclic amines) is 2. The van der Waals surface area contributed by atoms with Crippen molar-refractivity contribution < 1.29 is 9.53 Å². The summed E-state index contributed by atoms with van der Waals surface area (Å²) in [4.78, 5) is 17.2. The van der Waals surface area contributed by atoms with Gasteiger partial charge in [0.05, 0.1) is 6.10 Å². The highest BCUT2D eigenvalue weighted by Gasteiger charge is 2.28. The quantitative estimate of drug-likeness (QED) is 0.884. The van der Waals surface area contributed by atoms with E-state index < -0.39 is 0 Å². The van der Waals surface area contributed by atoms with Gasteiger partial charge in [-0.1, -0.05) is 30.3 Å². The van der Waals surface area contributed by atoms with E-state index in [4.69, 9.17) is 4.74 Å². The SMILES string of the molecule is O=C(NC1CCN(C[C@@H]2CCCO2)CC1)N1CCC(c2ccccc2)CC1. The zero-order valence-corrected chi connectivity index (χ0v) is 16.3. The third-order valence-corrected chi connectivity index (χ3v) is 6.45. The van der Waals surface area contributed by atoms with Crippen molar-refractivity contribution in [3.63, 3.8) is 0 Å². The fourth-order valence-electron chi connectivity index (χ4n) is 4.74. The van der Waals surface area contributed by atoms with E-state index in [1.165, 1.54) is 18.4 Å². The number of carbonyl (C=O) groups excluding carboxylic acids is 1. The first kappa shape index (κ1) is 18.8. The highest BCUT2D eigenvalue weighted by molar-refractivity contribution is 5.74. The summed E-state index contributed by atoms with van der Waals surface area (Å²) in [5.74, 6) is 0.594. The average molecular weight is 372 g/mol. The first-order valence-corrected chi connectivity index (χ1v) is 10.7. The zero-order valence-electron chi connectivity index (χ0n) is 16.3. The van der Waals surface area contributed by atoms with E-state index in [-0.39, 0.29) is 6.03 Å². The summed E-state index contributed by atoms with van der Waals surface area (Å²) >= 11 is 0. The zero-order chi connectivity index (χ0) is 18.5. The van der Waals surface area contributed by atoms with Crippen LogP contribution in [0.5, 0.6) is 0 Å². The Hall–Kier alpha value is -1.59. The molecule has 4 rings (SSSR count). The maximum absolute atomic E-state index is 12.7. The maximum Gasteiger partial charge on any atom is 0.317 e. The van der Waals surface area contributed by atoms with Crippen molar-refractivity contribution in [2.24, 2.45) is 0 Å². The second-order valence-electron chi connectivity index (χ2n) is 8.33. The molecule has 0 spiro atoms. The Labute approximate surface area is 163 Å². The minimum absolute atomic E-state index is 0.138. The van der Waals surface area contributed by atoms with E-state index in [0.29, 0.717) is 18.1 Å². The van der Waals surface area contributed by atoms with Gasteiger partial charge < -0.3 is 19.9 Å². The molecule has 5 heteroatoms. The molecule has 3 aliphatic heterocycles. The normalized spacial score (nSPS) is 25.6. The summed E-state index contributed by atoms with van der Waals surface area (Å²) in [5, 5.41) is 3.29. The summed E-state index contributed by atoms with van der Waals surface area (Å²) in [5.41, 5.74) is 1.41. The number of hydrogen-bond donors (Lipinski definition) is 1. The van der Waals surface area contributed by atoms with Gasteiger partial charge in [-0.05, 0) is 50.0 Å². The number of ether oxygens (including phenoxy) is 1. The number of hydrogen-bond acceptors (Lipinski definition) is 3. The lowest BCUT2D eigenvalue weighted by atomic mass is 9.89. The third-order valence-electron chi connectivity index (χ3n) is 6.45. The van der Waals surface area contributed by atoms with Crippen LogP contribution < -0.4 is 5.32 Å². The van der Waals surface area contributed by atoms with Crippen molar-refractivity contribution >= 4 is 6.03 Å². The minimum Gasteiger partial charge on any atom is -0.377 e. The van der Waals surface area contributed by atoms with Crippen molar-refractivity contribution in [3.05, 3.63) is 35.9 Å². The Morgan fingerprint density at radius 2 is 1.74 bits per heavy atom. The molecule has 2 amide bonds. The Balaban J connectivity index is 1.17. The molecule has 1 aromatic rings. The van der Waals surface area contributed by atoms with Crippen LogP contribution in [0.4, 0.5) is 4.79 Å². The Kier molecular flexibility index (Phi) is 6.30. The smallest absolute Gasteiger partial charge is 0.317 e. The van der Waals surface area contributed by atoms with Crippen molar-refractivity contribution in [3.8, 4) is 0 Å². The predicted octanol–water partition coefficient (Wildman–Crippen LogP) is 3.22. The monoisotopic (exact) mass is 371 g/mol. The fourth-order valence-corrected chi connectivity index (χ4v) is 4.74. The van der Waals surface area contributed by atoms with Crippen molar-refractivity contribution in [2.75, 3.05) is 39.3 Å². The molecule has 3 fully saturated rings. The van der Waals surface area contributed by atoms with Crippen LogP contribution >= 0.6 is 0 Å². The fraction of sp³-hybridized carbons (Fsp3) is 0.682. The molecule has 3 saturated heterocycles. The molecule has 0 unspecified atom stereocenters. The van der Waals surface area contributed by atoms with Gasteiger partial charge in [-0.15, -0.1) is 0 Å². The van der Waals surface area contributed by atoms with Gasteiger partial charge in [0.2, 0.25) is 0 Å². The van der Waals surface area contributed by atoms with Crippen molar-refractivity contribution in [1.82, 2.24) is 15.1 Å². The van der Waals surface area contributed by atoms with Crippen LogP contribution in [0, 0.1) is 0 Å². The second kappa shape index (κ2) is 9.07. The molecule has 0 bridgehead atoms. The van der Waals surface area contributed by atoms with Crippen LogP contribution in [0.25, 0.3) is 0 Å². The average Bonchev–Trinajstić information content (AvgIpc) is 3.23. The number of benzene rings is 1. The standard InChI is InChI=1S/C22H33N3O2/c26-22(25-14-8-19(9-15-25)18-5-2-1-3-6-18)23-20-10-12-24(13-11-20)17-21-7-4-16-27-21/h1-3,5-6,19-21H,4,7-17H2,(H,23,26)/t21-/m0/s1. The van der Waals surface area contributed by atoms with Crippen molar-refractivity contribution in [2.45, 2.75) is 56.6 Å². The van der Waals surface area contributed by atoms with Gasteiger partial charge in [0.25, 0.3) is 0 Å². The van der Waals surface area contributed by atoms with E-state index in [1.54, 1.807) is 0 Å². The molecule has 0 radical (unpaired) electrons. The molecule has 1 N–H and O–H groups in total. The highest BCUT2D eigenvalue weighted by Crippen LogP contribution is 2.27. The van der Waals surface area contributed by atoms with Crippen LogP contribution in [0.2, 0.25) is 0 Å². The molecule has 0 aliphatic carbocycles. The summed E-state index contributed by atoms with van der Waals surface area (Å²) in [6, 6.07) is 11.2. The van der Waals surface area contributed by atoms with Crippen molar-refractivity contribution in [1.29, 1.82) is 0 Å². The van der Waals surface area contributed by atoms with Gasteiger partial charge in [-0.3, -0.25) is 0 Å². The number of rotatable bonds is 4. The lowest BCUT2D eigenvalue weighted by molar-refractivity contribution is 0.0627. The number of nitrogens with one attached hydrogen (secondary N) is 1. The summed E-state index contributed by atoms with van der Waals surface area (Å²) in [6.07, 6.45) is 7.09. The molecule has 148 valence electrons. The first-order valence-electron chi connectivity index (χ1n) is 10.7. The molecule has 27 heavy (non-hydrogen) atoms. The summed E-state index contributed by atoms with van der Waals surface area (Å²) in [6.45, 7) is 5.86. The number of carbonyl (C=O) groups is 1. The molecule has 1 atom stereocenters. The van der Waals surface area contributed by atoms with Gasteiger partial charge in [0.15, 0.2) is 0 Å². The third kappa shape index (κ3) is 5.02. The van der Waals surface area contributed by atoms with Crippen LogP contribution in [0.1, 0.15) is 50.0 Å². The summed E-state index contributed by atoms with van der Waals surface area (Å²) < 4.78 is 5.75. The molecule has 1 aromatic carbocycles. The largest absolute Gasteiger partial charge is 0.377 e. The second-order valence-corrected chi connectivity index (χ2v) is 8.33. The molecule has 3 heterocycles. The van der Waals surface area contributed by atoms with Crippen LogP contribution in [0.3, 0.4) is 0 Å². The van der Waals surface area contributed by atoms with E-state index in [1.807, 2.05) is 4.90 Å². The molecular formula is C22H33N3O2. The number of piperidine rings is 2. The van der Waals surface area contributed by atoms with E-state index in [9.17, 15) is 4.79 Å². The van der Waals surface area contributed by atoms with E-state index >= 15 is 0 Å². The Bertz CT molecular complexity index is 587. The number of urea groups is 1. The highest BCUT2D eigenvalue weighted by atomic mass is 16.5. The lowest BCUT2D eigenvalue weighted by Gasteiger charge is -2.36. The van der Waals surface area contributed by atoms with E-state index in [0.717, 1.165) is 65.0 Å². The molecule has 0 aromatic heterocycles. The molecule has 3 aliphatic rings. The number of amides is 2.